The molecule has 14 heavy (non-hydrogen) atoms. The van der Waals surface area contributed by atoms with E-state index in [2.05, 4.69) is 0 Å². The zero-order valence-electron chi connectivity index (χ0n) is 7.13. The number of rotatable bonds is 0. The van der Waals surface area contributed by atoms with Gasteiger partial charge in [0.05, 0.1) is 21.5 Å². The Bertz CT molecular complexity index is 306. The van der Waals surface area contributed by atoms with Gasteiger partial charge in [0, 0.05) is 0 Å². The maximum Gasteiger partial charge on any atom is 0.0767 e. The third-order valence-corrected chi connectivity index (χ3v) is 4.90. The van der Waals surface area contributed by atoms with Crippen molar-refractivity contribution in [1.29, 1.82) is 0 Å². The number of alkyl halides is 4. The Labute approximate surface area is 103 Å². The molecule has 2 rings (SSSR count). The predicted molar refractivity (Wildman–Crippen MR) is 62.9 cm³/mol. The van der Waals surface area contributed by atoms with E-state index in [0.29, 0.717) is 0 Å². The van der Waals surface area contributed by atoms with Crippen molar-refractivity contribution in [2.45, 2.75) is 21.5 Å². The van der Waals surface area contributed by atoms with Crippen LogP contribution in [0.15, 0.2) is 24.3 Å². The smallest absolute Gasteiger partial charge is 0.0767 e. The molecule has 1 aliphatic rings. The number of hydrogen-bond acceptors (Lipinski definition) is 0. The highest BCUT2D eigenvalue weighted by Crippen LogP contribution is 2.47. The van der Waals surface area contributed by atoms with Gasteiger partial charge in [-0.05, 0) is 11.1 Å². The van der Waals surface area contributed by atoms with Crippen LogP contribution in [-0.2, 0) is 0 Å². The molecule has 1 aromatic carbocycles. The Balaban J connectivity index is 2.51. The summed E-state index contributed by atoms with van der Waals surface area (Å²) >= 11 is 24.5. The average molecular weight is 270 g/mol. The molecule has 0 N–H and O–H groups in total. The Hall–Kier alpha value is 0.380. The van der Waals surface area contributed by atoms with Crippen molar-refractivity contribution in [2.24, 2.45) is 0 Å². The fourth-order valence-corrected chi connectivity index (χ4v) is 3.10. The summed E-state index contributed by atoms with van der Waals surface area (Å²) < 4.78 is 0. The van der Waals surface area contributed by atoms with Gasteiger partial charge in [-0.1, -0.05) is 24.3 Å². The summed E-state index contributed by atoms with van der Waals surface area (Å²) in [5.41, 5.74) is 1.98. The molecule has 0 spiro atoms. The van der Waals surface area contributed by atoms with Crippen LogP contribution in [0.3, 0.4) is 0 Å². The quantitative estimate of drug-likeness (QED) is 0.610. The monoisotopic (exact) mass is 268 g/mol. The summed E-state index contributed by atoms with van der Waals surface area (Å²) in [6, 6.07) is 7.74. The molecule has 0 saturated heterocycles. The molecule has 4 heteroatoms. The van der Waals surface area contributed by atoms with Gasteiger partial charge in [0.1, 0.15) is 0 Å². The van der Waals surface area contributed by atoms with E-state index in [4.69, 9.17) is 46.4 Å². The van der Waals surface area contributed by atoms with Crippen LogP contribution in [0, 0.1) is 0 Å². The largest absolute Gasteiger partial charge is 0.119 e. The van der Waals surface area contributed by atoms with Crippen molar-refractivity contribution in [3.63, 3.8) is 0 Å². The van der Waals surface area contributed by atoms with E-state index in [0.717, 1.165) is 11.1 Å². The van der Waals surface area contributed by atoms with Gasteiger partial charge in [-0.15, -0.1) is 46.4 Å². The summed E-state index contributed by atoms with van der Waals surface area (Å²) in [6.07, 6.45) is 0. The Morgan fingerprint density at radius 2 is 1.07 bits per heavy atom. The van der Waals surface area contributed by atoms with Crippen molar-refractivity contribution in [3.8, 4) is 0 Å². The number of benzene rings is 1. The van der Waals surface area contributed by atoms with Crippen molar-refractivity contribution >= 4 is 46.4 Å². The first kappa shape index (κ1) is 10.9. The fraction of sp³-hybridized carbons (Fsp3) is 0.400. The minimum atomic E-state index is -0.323. The summed E-state index contributed by atoms with van der Waals surface area (Å²) in [7, 11) is 0. The lowest BCUT2D eigenvalue weighted by Gasteiger charge is -2.33. The normalized spacial score (nSPS) is 36.6. The van der Waals surface area contributed by atoms with E-state index < -0.39 is 0 Å². The number of fused-ring (bicyclic) bond motifs is 1. The lowest BCUT2D eigenvalue weighted by atomic mass is 9.90. The van der Waals surface area contributed by atoms with Gasteiger partial charge in [-0.25, -0.2) is 0 Å². The van der Waals surface area contributed by atoms with Crippen LogP contribution in [0.5, 0.6) is 0 Å². The average Bonchev–Trinajstić information content (AvgIpc) is 2.23. The van der Waals surface area contributed by atoms with Crippen LogP contribution in [0.2, 0.25) is 0 Å². The van der Waals surface area contributed by atoms with Crippen LogP contribution in [0.25, 0.3) is 0 Å². The molecule has 0 aliphatic heterocycles. The molecule has 0 heterocycles. The molecule has 1 aliphatic carbocycles. The minimum Gasteiger partial charge on any atom is -0.119 e. The van der Waals surface area contributed by atoms with Crippen LogP contribution in [-0.4, -0.2) is 10.8 Å². The summed E-state index contributed by atoms with van der Waals surface area (Å²) in [6.45, 7) is 0. The van der Waals surface area contributed by atoms with Crippen LogP contribution < -0.4 is 0 Å². The number of hydrogen-bond donors (Lipinski definition) is 0. The molecule has 0 aromatic heterocycles. The van der Waals surface area contributed by atoms with Gasteiger partial charge >= 0.3 is 0 Å². The topological polar surface area (TPSA) is 0 Å². The van der Waals surface area contributed by atoms with Crippen LogP contribution in [0.4, 0.5) is 0 Å². The predicted octanol–water partition coefficient (Wildman–Crippen LogP) is 4.47. The van der Waals surface area contributed by atoms with Gasteiger partial charge in [-0.3, -0.25) is 0 Å². The van der Waals surface area contributed by atoms with E-state index in [1.165, 1.54) is 0 Å². The highest BCUT2D eigenvalue weighted by molar-refractivity contribution is 6.39. The molecule has 0 unspecified atom stereocenters. The van der Waals surface area contributed by atoms with E-state index in [1.54, 1.807) is 0 Å². The zero-order valence-corrected chi connectivity index (χ0v) is 10.2. The minimum absolute atomic E-state index is 0.259. The first-order valence-electron chi connectivity index (χ1n) is 4.28. The molecular formula is C10H8Cl4. The maximum atomic E-state index is 6.18. The molecule has 76 valence electrons. The van der Waals surface area contributed by atoms with Crippen molar-refractivity contribution in [1.82, 2.24) is 0 Å². The second-order valence-electron chi connectivity index (χ2n) is 3.32. The van der Waals surface area contributed by atoms with E-state index >= 15 is 0 Å². The van der Waals surface area contributed by atoms with Crippen LogP contribution in [0.1, 0.15) is 21.9 Å². The molecule has 1 aromatic rings. The van der Waals surface area contributed by atoms with Gasteiger partial charge in [0.15, 0.2) is 0 Å². The maximum absolute atomic E-state index is 6.18. The Kier molecular flexibility index (Phi) is 3.18. The zero-order chi connectivity index (χ0) is 10.3. The Morgan fingerprint density at radius 3 is 1.43 bits per heavy atom. The van der Waals surface area contributed by atoms with Crippen molar-refractivity contribution in [2.75, 3.05) is 0 Å². The van der Waals surface area contributed by atoms with Gasteiger partial charge in [-0.2, -0.15) is 0 Å². The second-order valence-corrected chi connectivity index (χ2v) is 5.27. The fourth-order valence-electron chi connectivity index (χ4n) is 1.68. The summed E-state index contributed by atoms with van der Waals surface area (Å²) in [5.74, 6) is 0. The summed E-state index contributed by atoms with van der Waals surface area (Å²) in [5, 5.41) is -1.16. The SMILES string of the molecule is Cl[C@@H]1[C@H](Cl)[C@H](Cl)c2ccccc2[C@H]1Cl. The third-order valence-electron chi connectivity index (χ3n) is 2.45. The van der Waals surface area contributed by atoms with Crippen molar-refractivity contribution < 1.29 is 0 Å². The molecule has 4 atom stereocenters. The second kappa shape index (κ2) is 4.09. The molecule has 0 amide bonds. The third kappa shape index (κ3) is 1.63. The van der Waals surface area contributed by atoms with E-state index in [9.17, 15) is 0 Å². The Morgan fingerprint density at radius 1 is 0.714 bits per heavy atom. The molecule has 0 nitrogen and oxygen atoms in total. The molecule has 0 saturated carbocycles. The first-order chi connectivity index (χ1) is 6.63. The van der Waals surface area contributed by atoms with Gasteiger partial charge < -0.3 is 0 Å². The van der Waals surface area contributed by atoms with Crippen molar-refractivity contribution in [3.05, 3.63) is 35.4 Å². The molecule has 0 fully saturated rings. The highest BCUT2D eigenvalue weighted by Gasteiger charge is 2.39. The molecule has 0 radical (unpaired) electrons. The first-order valence-corrected chi connectivity index (χ1v) is 6.02. The van der Waals surface area contributed by atoms with E-state index in [1.807, 2.05) is 24.3 Å². The standard InChI is InChI=1S/C10H8Cl4/c11-7-5-3-1-2-4-6(5)8(12)10(14)9(7)13/h1-4,7-10H/t7-,8-,9-,10+/m1/s1. The summed E-state index contributed by atoms with van der Waals surface area (Å²) in [4.78, 5) is 0. The van der Waals surface area contributed by atoms with Crippen LogP contribution >= 0.6 is 46.4 Å². The van der Waals surface area contributed by atoms with Gasteiger partial charge in [0.2, 0.25) is 0 Å². The number of halogens is 4. The van der Waals surface area contributed by atoms with E-state index in [-0.39, 0.29) is 21.5 Å². The highest BCUT2D eigenvalue weighted by atomic mass is 35.5. The lowest BCUT2D eigenvalue weighted by molar-refractivity contribution is 0.668. The molecular weight excluding hydrogens is 262 g/mol. The lowest BCUT2D eigenvalue weighted by Crippen LogP contribution is -2.30. The van der Waals surface area contributed by atoms with Gasteiger partial charge in [0.25, 0.3) is 0 Å². The molecule has 0 bridgehead atoms.